The zero-order valence-electron chi connectivity index (χ0n) is 20.0. The second-order valence-corrected chi connectivity index (χ2v) is 8.67. The maximum absolute atomic E-state index is 12.9. The van der Waals surface area contributed by atoms with Gasteiger partial charge < -0.3 is 37.6 Å². The molecular formula is C21H37N5O8. The van der Waals surface area contributed by atoms with Crippen LogP contribution in [-0.4, -0.2) is 69.9 Å². The van der Waals surface area contributed by atoms with E-state index in [2.05, 4.69) is 16.0 Å². The van der Waals surface area contributed by atoms with E-state index in [9.17, 15) is 33.9 Å². The van der Waals surface area contributed by atoms with Gasteiger partial charge in [0.15, 0.2) is 0 Å². The average molecular weight is 488 g/mol. The Morgan fingerprint density at radius 2 is 1.41 bits per heavy atom. The third kappa shape index (κ3) is 11.6. The van der Waals surface area contributed by atoms with Crippen molar-refractivity contribution in [2.45, 2.75) is 84.0 Å². The van der Waals surface area contributed by atoms with Crippen LogP contribution in [0.5, 0.6) is 0 Å². The maximum atomic E-state index is 12.9. The van der Waals surface area contributed by atoms with Crippen molar-refractivity contribution < 1.29 is 39.0 Å². The van der Waals surface area contributed by atoms with Crippen molar-refractivity contribution in [2.75, 3.05) is 0 Å². The number of rotatable bonds is 16. The SMILES string of the molecule is CCC(C)C(NC(=O)C(CCC(=O)O)NC(=O)C(N)CC(N)=O)C(=O)NC(CC(C)C)C(=O)O. The predicted octanol–water partition coefficient (Wildman–Crippen LogP) is -1.31. The van der Waals surface area contributed by atoms with E-state index in [1.54, 1.807) is 27.7 Å². The summed E-state index contributed by atoms with van der Waals surface area (Å²) in [4.78, 5) is 71.6. The van der Waals surface area contributed by atoms with Crippen molar-refractivity contribution in [3.63, 3.8) is 0 Å². The highest BCUT2D eigenvalue weighted by Gasteiger charge is 2.33. The number of nitrogens with one attached hydrogen (secondary N) is 3. The second-order valence-electron chi connectivity index (χ2n) is 8.67. The first-order valence-corrected chi connectivity index (χ1v) is 11.1. The molecule has 0 spiro atoms. The summed E-state index contributed by atoms with van der Waals surface area (Å²) in [6.07, 6.45) is -0.633. The Morgan fingerprint density at radius 3 is 1.85 bits per heavy atom. The van der Waals surface area contributed by atoms with E-state index in [1.807, 2.05) is 0 Å². The number of nitrogens with two attached hydrogens (primary N) is 2. The maximum Gasteiger partial charge on any atom is 0.326 e. The molecule has 0 aliphatic carbocycles. The van der Waals surface area contributed by atoms with Crippen LogP contribution in [0.2, 0.25) is 0 Å². The molecule has 0 aromatic carbocycles. The van der Waals surface area contributed by atoms with Gasteiger partial charge in [0.05, 0.1) is 12.5 Å². The zero-order chi connectivity index (χ0) is 26.6. The van der Waals surface area contributed by atoms with Gasteiger partial charge in [-0.1, -0.05) is 34.1 Å². The fourth-order valence-corrected chi connectivity index (χ4v) is 3.03. The fraction of sp³-hybridized carbons (Fsp3) is 0.714. The number of carbonyl (C=O) groups excluding carboxylic acids is 4. The summed E-state index contributed by atoms with van der Waals surface area (Å²) in [7, 11) is 0. The molecule has 4 amide bonds. The molecule has 0 fully saturated rings. The van der Waals surface area contributed by atoms with Crippen LogP contribution in [0.3, 0.4) is 0 Å². The largest absolute Gasteiger partial charge is 0.481 e. The summed E-state index contributed by atoms with van der Waals surface area (Å²) in [5.41, 5.74) is 10.6. The van der Waals surface area contributed by atoms with Gasteiger partial charge in [-0.15, -0.1) is 0 Å². The fourth-order valence-electron chi connectivity index (χ4n) is 3.03. The topological polar surface area (TPSA) is 231 Å². The molecule has 194 valence electrons. The van der Waals surface area contributed by atoms with Crippen LogP contribution in [-0.2, 0) is 28.8 Å². The van der Waals surface area contributed by atoms with Gasteiger partial charge >= 0.3 is 11.9 Å². The summed E-state index contributed by atoms with van der Waals surface area (Å²) < 4.78 is 0. The van der Waals surface area contributed by atoms with E-state index in [1.165, 1.54) is 0 Å². The van der Waals surface area contributed by atoms with Gasteiger partial charge in [0.2, 0.25) is 23.6 Å². The third-order valence-corrected chi connectivity index (χ3v) is 5.15. The highest BCUT2D eigenvalue weighted by Crippen LogP contribution is 2.12. The van der Waals surface area contributed by atoms with Crippen LogP contribution in [0.4, 0.5) is 0 Å². The number of hydrogen-bond donors (Lipinski definition) is 7. The van der Waals surface area contributed by atoms with Gasteiger partial charge in [-0.3, -0.25) is 24.0 Å². The summed E-state index contributed by atoms with van der Waals surface area (Å²) in [6, 6.07) is -5.02. The van der Waals surface area contributed by atoms with E-state index in [0.717, 1.165) is 0 Å². The van der Waals surface area contributed by atoms with Gasteiger partial charge in [-0.2, -0.15) is 0 Å². The Kier molecular flexibility index (Phi) is 13.4. The second kappa shape index (κ2) is 14.8. The molecule has 0 aromatic heterocycles. The quantitative estimate of drug-likeness (QED) is 0.137. The molecule has 13 nitrogen and oxygen atoms in total. The van der Waals surface area contributed by atoms with E-state index in [-0.39, 0.29) is 18.8 Å². The molecule has 0 aliphatic heterocycles. The molecular weight excluding hydrogens is 450 g/mol. The zero-order valence-corrected chi connectivity index (χ0v) is 20.0. The van der Waals surface area contributed by atoms with Gasteiger partial charge in [-0.25, -0.2) is 4.79 Å². The number of carboxylic acids is 2. The van der Waals surface area contributed by atoms with Crippen LogP contribution in [0.25, 0.3) is 0 Å². The van der Waals surface area contributed by atoms with E-state index >= 15 is 0 Å². The molecule has 0 aliphatic rings. The lowest BCUT2D eigenvalue weighted by molar-refractivity contribution is -0.143. The number of amides is 4. The predicted molar refractivity (Wildman–Crippen MR) is 121 cm³/mol. The van der Waals surface area contributed by atoms with Crippen LogP contribution in [0.1, 0.15) is 59.8 Å². The molecule has 0 radical (unpaired) electrons. The van der Waals surface area contributed by atoms with Crippen molar-refractivity contribution in [1.29, 1.82) is 0 Å². The third-order valence-electron chi connectivity index (χ3n) is 5.15. The Hall–Kier alpha value is -3.22. The van der Waals surface area contributed by atoms with Crippen molar-refractivity contribution in [2.24, 2.45) is 23.3 Å². The van der Waals surface area contributed by atoms with Crippen LogP contribution >= 0.6 is 0 Å². The molecule has 0 rings (SSSR count). The first-order chi connectivity index (χ1) is 15.7. The molecule has 0 saturated heterocycles. The minimum absolute atomic E-state index is 0.0155. The number of hydrogen-bond acceptors (Lipinski definition) is 7. The van der Waals surface area contributed by atoms with Crippen molar-refractivity contribution >= 4 is 35.6 Å². The monoisotopic (exact) mass is 487 g/mol. The Morgan fingerprint density at radius 1 is 0.853 bits per heavy atom. The smallest absolute Gasteiger partial charge is 0.326 e. The number of carboxylic acid groups (broad SMARTS) is 2. The van der Waals surface area contributed by atoms with Crippen LogP contribution in [0.15, 0.2) is 0 Å². The number of aliphatic carboxylic acids is 2. The highest BCUT2D eigenvalue weighted by molar-refractivity contribution is 5.95. The highest BCUT2D eigenvalue weighted by atomic mass is 16.4. The summed E-state index contributed by atoms with van der Waals surface area (Å²) >= 11 is 0. The summed E-state index contributed by atoms with van der Waals surface area (Å²) in [5.74, 6) is -6.16. The minimum Gasteiger partial charge on any atom is -0.481 e. The van der Waals surface area contributed by atoms with Crippen LogP contribution < -0.4 is 27.4 Å². The molecule has 0 heterocycles. The summed E-state index contributed by atoms with van der Waals surface area (Å²) in [5, 5.41) is 25.6. The average Bonchev–Trinajstić information content (AvgIpc) is 2.72. The normalized spacial score (nSPS) is 15.4. The summed E-state index contributed by atoms with van der Waals surface area (Å²) in [6.45, 7) is 7.05. The lowest BCUT2D eigenvalue weighted by atomic mass is 9.96. The van der Waals surface area contributed by atoms with Gasteiger partial charge in [0.25, 0.3) is 0 Å². The Bertz CT molecular complexity index is 757. The van der Waals surface area contributed by atoms with E-state index in [0.29, 0.717) is 6.42 Å². The molecule has 34 heavy (non-hydrogen) atoms. The number of carbonyl (C=O) groups is 6. The molecule has 5 atom stereocenters. The lowest BCUT2D eigenvalue weighted by Gasteiger charge is -2.28. The van der Waals surface area contributed by atoms with Crippen molar-refractivity contribution in [3.8, 4) is 0 Å². The lowest BCUT2D eigenvalue weighted by Crippen LogP contribution is -2.59. The number of primary amides is 1. The minimum atomic E-state index is -1.37. The standard InChI is InChI=1S/C21H37N5O8/c1-5-11(4)17(20(32)25-14(21(33)34)8-10(2)3)26-19(31)13(6-7-16(28)29)24-18(30)12(22)9-15(23)27/h10-14,17H,5-9,22H2,1-4H3,(H2,23,27)(H,24,30)(H,25,32)(H,26,31)(H,28,29)(H,33,34). The van der Waals surface area contributed by atoms with Crippen molar-refractivity contribution in [1.82, 2.24) is 16.0 Å². The van der Waals surface area contributed by atoms with Gasteiger partial charge in [0.1, 0.15) is 18.1 Å². The van der Waals surface area contributed by atoms with Gasteiger partial charge in [-0.05, 0) is 24.7 Å². The first-order valence-electron chi connectivity index (χ1n) is 11.1. The molecule has 13 heteroatoms. The molecule has 0 saturated carbocycles. The van der Waals surface area contributed by atoms with Gasteiger partial charge in [0, 0.05) is 6.42 Å². The first kappa shape index (κ1) is 30.8. The van der Waals surface area contributed by atoms with E-state index < -0.39 is 78.5 Å². The van der Waals surface area contributed by atoms with E-state index in [4.69, 9.17) is 16.6 Å². The van der Waals surface area contributed by atoms with Crippen LogP contribution in [0, 0.1) is 11.8 Å². The molecule has 0 aromatic rings. The Labute approximate surface area is 198 Å². The Balaban J connectivity index is 5.63. The molecule has 5 unspecified atom stereocenters. The van der Waals surface area contributed by atoms with Crippen molar-refractivity contribution in [3.05, 3.63) is 0 Å². The molecule has 0 bridgehead atoms. The molecule has 9 N–H and O–H groups in total.